The Labute approximate surface area is 168 Å². The molecule has 0 aliphatic carbocycles. The predicted molar refractivity (Wildman–Crippen MR) is 112 cm³/mol. The summed E-state index contributed by atoms with van der Waals surface area (Å²) >= 11 is 0. The van der Waals surface area contributed by atoms with Crippen LogP contribution < -0.4 is 4.74 Å². The van der Waals surface area contributed by atoms with Crippen molar-refractivity contribution in [2.75, 3.05) is 12.9 Å². The molecule has 0 bridgehead atoms. The molecule has 28 heavy (non-hydrogen) atoms. The van der Waals surface area contributed by atoms with Gasteiger partial charge < -0.3 is 9.84 Å². The molecule has 1 unspecified atom stereocenters. The maximum atomic E-state index is 13.5. The number of fused-ring (bicyclic) bond motifs is 1. The molecule has 1 heterocycles. The van der Waals surface area contributed by atoms with Crippen LogP contribution in [0.5, 0.6) is 5.75 Å². The molecule has 0 spiro atoms. The quantitative estimate of drug-likeness (QED) is 0.769. The standard InChI is InChI=1S/C23H30O4S/c1-4-6-14-23(5-2)16-28(25,26)20-15-18(27-3)12-13-19(20)21(22(23)24)17-10-8-7-9-11-17/h7-13,15,21-22,24H,4-6,14,16H2,1-3H3/t21-,22?,23-/m1/s1. The van der Waals surface area contributed by atoms with Crippen LogP contribution in [0, 0.1) is 5.41 Å². The van der Waals surface area contributed by atoms with Gasteiger partial charge >= 0.3 is 0 Å². The van der Waals surface area contributed by atoms with Gasteiger partial charge in [-0.2, -0.15) is 0 Å². The highest BCUT2D eigenvalue weighted by molar-refractivity contribution is 7.91. The molecule has 3 rings (SSSR count). The maximum Gasteiger partial charge on any atom is 0.179 e. The number of methoxy groups -OCH3 is 1. The first kappa shape index (κ1) is 20.9. The van der Waals surface area contributed by atoms with Crippen LogP contribution in [0.3, 0.4) is 0 Å². The van der Waals surface area contributed by atoms with E-state index in [9.17, 15) is 13.5 Å². The first-order chi connectivity index (χ1) is 13.4. The molecule has 1 aliphatic rings. The molecule has 1 N–H and O–H groups in total. The van der Waals surface area contributed by atoms with Crippen LogP contribution in [0.15, 0.2) is 53.4 Å². The Kier molecular flexibility index (Phi) is 6.15. The second-order valence-corrected chi connectivity index (χ2v) is 9.77. The molecule has 0 saturated heterocycles. The van der Waals surface area contributed by atoms with Gasteiger partial charge in [0.2, 0.25) is 0 Å². The van der Waals surface area contributed by atoms with E-state index in [4.69, 9.17) is 4.74 Å². The second-order valence-electron chi connectivity index (χ2n) is 7.82. The molecule has 4 nitrogen and oxygen atoms in total. The van der Waals surface area contributed by atoms with Crippen molar-refractivity contribution >= 4 is 9.84 Å². The van der Waals surface area contributed by atoms with Gasteiger partial charge in [0.15, 0.2) is 9.84 Å². The number of aliphatic hydroxyl groups is 1. The monoisotopic (exact) mass is 402 g/mol. The SMILES string of the molecule is CCCC[C@]1(CC)CS(=O)(=O)c2cc(OC)ccc2[C@@H](c2ccccc2)C1O. The average molecular weight is 403 g/mol. The number of rotatable bonds is 6. The second kappa shape index (κ2) is 8.26. The number of sulfone groups is 1. The van der Waals surface area contributed by atoms with Crippen molar-refractivity contribution < 1.29 is 18.3 Å². The van der Waals surface area contributed by atoms with Gasteiger partial charge in [-0.1, -0.05) is 63.1 Å². The third-order valence-electron chi connectivity index (χ3n) is 6.20. The molecule has 5 heteroatoms. The zero-order valence-corrected chi connectivity index (χ0v) is 17.7. The van der Waals surface area contributed by atoms with Crippen molar-refractivity contribution in [3.05, 3.63) is 59.7 Å². The summed E-state index contributed by atoms with van der Waals surface area (Å²) in [6, 6.07) is 14.9. The Morgan fingerprint density at radius 3 is 2.46 bits per heavy atom. The molecule has 0 saturated carbocycles. The summed E-state index contributed by atoms with van der Waals surface area (Å²) in [5, 5.41) is 11.6. The average Bonchev–Trinajstić information content (AvgIpc) is 2.78. The highest BCUT2D eigenvalue weighted by Crippen LogP contribution is 2.49. The summed E-state index contributed by atoms with van der Waals surface area (Å²) in [6.07, 6.45) is 2.37. The topological polar surface area (TPSA) is 63.6 Å². The summed E-state index contributed by atoms with van der Waals surface area (Å²) in [7, 11) is -2.04. The Morgan fingerprint density at radius 1 is 1.14 bits per heavy atom. The summed E-state index contributed by atoms with van der Waals surface area (Å²) in [5.74, 6) is 0.0821. The molecule has 0 amide bonds. The zero-order chi connectivity index (χ0) is 20.4. The lowest BCUT2D eigenvalue weighted by molar-refractivity contribution is 0.0174. The number of aliphatic hydroxyl groups excluding tert-OH is 1. The molecule has 1 aliphatic heterocycles. The minimum Gasteiger partial charge on any atom is -0.497 e. The van der Waals surface area contributed by atoms with Gasteiger partial charge in [0.25, 0.3) is 0 Å². The van der Waals surface area contributed by atoms with Gasteiger partial charge in [0.1, 0.15) is 5.75 Å². The van der Waals surface area contributed by atoms with Gasteiger partial charge in [0.05, 0.1) is 23.9 Å². The van der Waals surface area contributed by atoms with Crippen LogP contribution in [0.25, 0.3) is 0 Å². The van der Waals surface area contributed by atoms with Crippen molar-refractivity contribution in [2.24, 2.45) is 5.41 Å². The largest absolute Gasteiger partial charge is 0.497 e. The number of unbranched alkanes of at least 4 members (excludes halogenated alkanes) is 1. The number of hydrogen-bond acceptors (Lipinski definition) is 4. The zero-order valence-electron chi connectivity index (χ0n) is 16.9. The normalized spacial score (nSPS) is 26.3. The van der Waals surface area contributed by atoms with Gasteiger partial charge in [-0.15, -0.1) is 0 Å². The van der Waals surface area contributed by atoms with Crippen molar-refractivity contribution in [1.82, 2.24) is 0 Å². The fourth-order valence-corrected chi connectivity index (χ4v) is 6.77. The van der Waals surface area contributed by atoms with Crippen LogP contribution in [-0.2, 0) is 9.84 Å². The summed E-state index contributed by atoms with van der Waals surface area (Å²) < 4.78 is 32.2. The third-order valence-corrected chi connectivity index (χ3v) is 8.18. The maximum absolute atomic E-state index is 13.5. The third kappa shape index (κ3) is 3.70. The molecule has 2 aromatic carbocycles. The minimum atomic E-state index is -3.58. The molecule has 2 aromatic rings. The van der Waals surface area contributed by atoms with Gasteiger partial charge in [-0.25, -0.2) is 8.42 Å². The molecule has 0 aromatic heterocycles. The highest BCUT2D eigenvalue weighted by atomic mass is 32.2. The van der Waals surface area contributed by atoms with Crippen molar-refractivity contribution in [3.8, 4) is 5.75 Å². The number of benzene rings is 2. The van der Waals surface area contributed by atoms with E-state index in [2.05, 4.69) is 6.92 Å². The van der Waals surface area contributed by atoms with E-state index >= 15 is 0 Å². The van der Waals surface area contributed by atoms with Gasteiger partial charge in [0, 0.05) is 11.3 Å². The highest BCUT2D eigenvalue weighted by Gasteiger charge is 2.48. The first-order valence-electron chi connectivity index (χ1n) is 10.0. The van der Waals surface area contributed by atoms with Crippen LogP contribution >= 0.6 is 0 Å². The fourth-order valence-electron chi connectivity index (χ4n) is 4.49. The summed E-state index contributed by atoms with van der Waals surface area (Å²) in [6.45, 7) is 4.09. The lowest BCUT2D eigenvalue weighted by atomic mass is 9.69. The molecule has 0 radical (unpaired) electrons. The Balaban J connectivity index is 2.28. The van der Waals surface area contributed by atoms with Crippen molar-refractivity contribution in [1.29, 1.82) is 0 Å². The fraction of sp³-hybridized carbons (Fsp3) is 0.478. The molecular weight excluding hydrogens is 372 g/mol. The van der Waals surface area contributed by atoms with E-state index in [-0.39, 0.29) is 10.6 Å². The van der Waals surface area contributed by atoms with Crippen LogP contribution in [-0.4, -0.2) is 32.5 Å². The van der Waals surface area contributed by atoms with E-state index < -0.39 is 27.3 Å². The molecule has 152 valence electrons. The smallest absolute Gasteiger partial charge is 0.179 e. The van der Waals surface area contributed by atoms with Gasteiger partial charge in [-0.05, 0) is 36.1 Å². The van der Waals surface area contributed by atoms with E-state index in [1.54, 1.807) is 18.2 Å². The van der Waals surface area contributed by atoms with Crippen LogP contribution in [0.2, 0.25) is 0 Å². The Hall–Kier alpha value is -1.85. The van der Waals surface area contributed by atoms with Crippen LogP contribution in [0.4, 0.5) is 0 Å². The summed E-state index contributed by atoms with van der Waals surface area (Å²) in [5.41, 5.74) is 0.917. The number of ether oxygens (including phenoxy) is 1. The van der Waals surface area contributed by atoms with Crippen molar-refractivity contribution in [2.45, 2.75) is 56.4 Å². The Morgan fingerprint density at radius 2 is 1.86 bits per heavy atom. The van der Waals surface area contributed by atoms with Crippen LogP contribution in [0.1, 0.15) is 56.6 Å². The molecule has 0 fully saturated rings. The summed E-state index contributed by atoms with van der Waals surface area (Å²) in [4.78, 5) is 0.284. The number of hydrogen-bond donors (Lipinski definition) is 1. The lowest BCUT2D eigenvalue weighted by Crippen LogP contribution is -2.42. The van der Waals surface area contributed by atoms with E-state index in [0.717, 1.165) is 18.4 Å². The van der Waals surface area contributed by atoms with Gasteiger partial charge in [-0.3, -0.25) is 0 Å². The Bertz CT molecular complexity index is 907. The predicted octanol–water partition coefficient (Wildman–Crippen LogP) is 4.56. The first-order valence-corrected chi connectivity index (χ1v) is 11.7. The van der Waals surface area contributed by atoms with Crippen molar-refractivity contribution in [3.63, 3.8) is 0 Å². The minimum absolute atomic E-state index is 0.0405. The molecular formula is C23H30O4S. The van der Waals surface area contributed by atoms with E-state index in [0.29, 0.717) is 24.2 Å². The lowest BCUT2D eigenvalue weighted by Gasteiger charge is -2.39. The molecule has 3 atom stereocenters. The van der Waals surface area contributed by atoms with E-state index in [1.807, 2.05) is 37.3 Å². The van der Waals surface area contributed by atoms with E-state index in [1.165, 1.54) is 7.11 Å².